The molecule has 0 saturated heterocycles. The fraction of sp³-hybridized carbons (Fsp3) is 0.200. The standard InChI is InChI=1S/C15H14Cl2FN/c16-14-5-4-11(8-15(14)17)12(9-19)6-10-2-1-3-13(18)7-10/h1-5,7-8,12H,6,9,19H2. The van der Waals surface area contributed by atoms with Crippen molar-refractivity contribution in [3.8, 4) is 0 Å². The van der Waals surface area contributed by atoms with Crippen LogP contribution in [0.5, 0.6) is 0 Å². The Hall–Kier alpha value is -1.09. The predicted octanol–water partition coefficient (Wildman–Crippen LogP) is 4.42. The summed E-state index contributed by atoms with van der Waals surface area (Å²) in [6.07, 6.45) is 0.673. The molecule has 0 aliphatic heterocycles. The van der Waals surface area contributed by atoms with Crippen molar-refractivity contribution in [2.45, 2.75) is 12.3 Å². The van der Waals surface area contributed by atoms with Gasteiger partial charge in [-0.25, -0.2) is 4.39 Å². The number of hydrogen-bond donors (Lipinski definition) is 1. The molecule has 100 valence electrons. The molecule has 4 heteroatoms. The van der Waals surface area contributed by atoms with Crippen LogP contribution in [0, 0.1) is 5.82 Å². The fourth-order valence-corrected chi connectivity index (χ4v) is 2.36. The number of rotatable bonds is 4. The van der Waals surface area contributed by atoms with E-state index >= 15 is 0 Å². The third-order valence-electron chi connectivity index (χ3n) is 3.07. The van der Waals surface area contributed by atoms with Crippen LogP contribution in [-0.2, 0) is 6.42 Å². The molecule has 1 nitrogen and oxygen atoms in total. The monoisotopic (exact) mass is 297 g/mol. The summed E-state index contributed by atoms with van der Waals surface area (Å²) in [5, 5.41) is 1.03. The molecular weight excluding hydrogens is 284 g/mol. The van der Waals surface area contributed by atoms with Crippen molar-refractivity contribution < 1.29 is 4.39 Å². The van der Waals surface area contributed by atoms with Crippen molar-refractivity contribution >= 4 is 23.2 Å². The molecule has 0 heterocycles. The van der Waals surface area contributed by atoms with Gasteiger partial charge >= 0.3 is 0 Å². The zero-order valence-electron chi connectivity index (χ0n) is 10.2. The first kappa shape index (κ1) is 14.3. The van der Waals surface area contributed by atoms with Crippen LogP contribution in [0.15, 0.2) is 42.5 Å². The Morgan fingerprint density at radius 2 is 1.84 bits per heavy atom. The lowest BCUT2D eigenvalue weighted by Crippen LogP contribution is -2.15. The van der Waals surface area contributed by atoms with E-state index in [0.717, 1.165) is 11.1 Å². The fourth-order valence-electron chi connectivity index (χ4n) is 2.05. The molecule has 0 radical (unpaired) electrons. The number of halogens is 3. The second kappa shape index (κ2) is 6.38. The van der Waals surface area contributed by atoms with Gasteiger partial charge in [-0.1, -0.05) is 41.4 Å². The van der Waals surface area contributed by atoms with Crippen LogP contribution in [0.25, 0.3) is 0 Å². The van der Waals surface area contributed by atoms with E-state index in [1.807, 2.05) is 18.2 Å². The second-order valence-corrected chi connectivity index (χ2v) is 5.25. The first-order valence-corrected chi connectivity index (χ1v) is 6.75. The molecular formula is C15H14Cl2FN. The maximum Gasteiger partial charge on any atom is 0.123 e. The molecule has 0 aromatic heterocycles. The minimum absolute atomic E-state index is 0.0940. The topological polar surface area (TPSA) is 26.0 Å². The van der Waals surface area contributed by atoms with Gasteiger partial charge in [-0.3, -0.25) is 0 Å². The first-order chi connectivity index (χ1) is 9.10. The van der Waals surface area contributed by atoms with E-state index in [1.165, 1.54) is 12.1 Å². The highest BCUT2D eigenvalue weighted by atomic mass is 35.5. The molecule has 0 aliphatic carbocycles. The number of hydrogen-bond acceptors (Lipinski definition) is 1. The summed E-state index contributed by atoms with van der Waals surface area (Å²) in [4.78, 5) is 0. The highest BCUT2D eigenvalue weighted by Gasteiger charge is 2.12. The zero-order chi connectivity index (χ0) is 13.8. The Morgan fingerprint density at radius 1 is 1.05 bits per heavy atom. The summed E-state index contributed by atoms with van der Waals surface area (Å²) >= 11 is 11.9. The van der Waals surface area contributed by atoms with Crippen LogP contribution in [0.1, 0.15) is 17.0 Å². The molecule has 2 N–H and O–H groups in total. The minimum Gasteiger partial charge on any atom is -0.330 e. The SMILES string of the molecule is NCC(Cc1cccc(F)c1)c1ccc(Cl)c(Cl)c1. The molecule has 0 aliphatic rings. The van der Waals surface area contributed by atoms with Crippen LogP contribution in [0.4, 0.5) is 4.39 Å². The van der Waals surface area contributed by atoms with E-state index in [1.54, 1.807) is 12.1 Å². The highest BCUT2D eigenvalue weighted by molar-refractivity contribution is 6.42. The third-order valence-corrected chi connectivity index (χ3v) is 3.81. The molecule has 19 heavy (non-hydrogen) atoms. The quantitative estimate of drug-likeness (QED) is 0.888. The Bertz CT molecular complexity index is 572. The summed E-state index contributed by atoms with van der Waals surface area (Å²) in [6.45, 7) is 0.467. The van der Waals surface area contributed by atoms with Crippen LogP contribution in [0.2, 0.25) is 10.0 Å². The summed E-state index contributed by atoms with van der Waals surface area (Å²) in [5.41, 5.74) is 7.74. The summed E-state index contributed by atoms with van der Waals surface area (Å²) in [7, 11) is 0. The van der Waals surface area contributed by atoms with E-state index in [2.05, 4.69) is 0 Å². The van der Waals surface area contributed by atoms with Gasteiger partial charge in [-0.05, 0) is 48.4 Å². The van der Waals surface area contributed by atoms with Crippen molar-refractivity contribution in [3.63, 3.8) is 0 Å². The Kier molecular flexibility index (Phi) is 4.81. The largest absolute Gasteiger partial charge is 0.330 e. The first-order valence-electron chi connectivity index (χ1n) is 5.99. The minimum atomic E-state index is -0.234. The maximum atomic E-state index is 13.2. The van der Waals surface area contributed by atoms with Gasteiger partial charge in [0.1, 0.15) is 5.82 Å². The van der Waals surface area contributed by atoms with Crippen molar-refractivity contribution in [3.05, 3.63) is 69.5 Å². The number of nitrogens with two attached hydrogens (primary N) is 1. The van der Waals surface area contributed by atoms with E-state index in [0.29, 0.717) is 23.0 Å². The van der Waals surface area contributed by atoms with Gasteiger partial charge in [0.05, 0.1) is 10.0 Å². The third kappa shape index (κ3) is 3.69. The second-order valence-electron chi connectivity index (χ2n) is 4.44. The van der Waals surface area contributed by atoms with Gasteiger partial charge in [0.2, 0.25) is 0 Å². The van der Waals surface area contributed by atoms with Crippen LogP contribution in [-0.4, -0.2) is 6.54 Å². The lowest BCUT2D eigenvalue weighted by atomic mass is 9.92. The Labute approximate surface area is 122 Å². The molecule has 0 bridgehead atoms. The van der Waals surface area contributed by atoms with Crippen molar-refractivity contribution in [1.82, 2.24) is 0 Å². The molecule has 0 spiro atoms. The molecule has 1 unspecified atom stereocenters. The lowest BCUT2D eigenvalue weighted by Gasteiger charge is -2.16. The van der Waals surface area contributed by atoms with E-state index in [-0.39, 0.29) is 11.7 Å². The zero-order valence-corrected chi connectivity index (χ0v) is 11.8. The molecule has 1 atom stereocenters. The van der Waals surface area contributed by atoms with Crippen molar-refractivity contribution in [2.24, 2.45) is 5.73 Å². The molecule has 0 fully saturated rings. The predicted molar refractivity (Wildman–Crippen MR) is 78.4 cm³/mol. The molecule has 2 aromatic carbocycles. The Morgan fingerprint density at radius 3 is 2.47 bits per heavy atom. The summed E-state index contributed by atoms with van der Waals surface area (Å²) < 4.78 is 13.2. The van der Waals surface area contributed by atoms with Gasteiger partial charge in [-0.2, -0.15) is 0 Å². The maximum absolute atomic E-state index is 13.2. The van der Waals surface area contributed by atoms with E-state index in [9.17, 15) is 4.39 Å². The van der Waals surface area contributed by atoms with Gasteiger partial charge in [-0.15, -0.1) is 0 Å². The molecule has 0 saturated carbocycles. The van der Waals surface area contributed by atoms with E-state index in [4.69, 9.17) is 28.9 Å². The molecule has 0 amide bonds. The van der Waals surface area contributed by atoms with Gasteiger partial charge in [0, 0.05) is 5.92 Å². The van der Waals surface area contributed by atoms with Crippen LogP contribution >= 0.6 is 23.2 Å². The van der Waals surface area contributed by atoms with Gasteiger partial charge < -0.3 is 5.73 Å². The molecule has 2 aromatic rings. The van der Waals surface area contributed by atoms with Gasteiger partial charge in [0.15, 0.2) is 0 Å². The average Bonchev–Trinajstić information content (AvgIpc) is 2.39. The van der Waals surface area contributed by atoms with Crippen molar-refractivity contribution in [2.75, 3.05) is 6.54 Å². The summed E-state index contributed by atoms with van der Waals surface area (Å²) in [5.74, 6) is -0.140. The molecule has 2 rings (SSSR count). The summed E-state index contributed by atoms with van der Waals surface area (Å²) in [6, 6.07) is 12.0. The lowest BCUT2D eigenvalue weighted by molar-refractivity contribution is 0.621. The highest BCUT2D eigenvalue weighted by Crippen LogP contribution is 2.28. The Balaban J connectivity index is 2.22. The van der Waals surface area contributed by atoms with E-state index < -0.39 is 0 Å². The van der Waals surface area contributed by atoms with Gasteiger partial charge in [0.25, 0.3) is 0 Å². The number of benzene rings is 2. The normalized spacial score (nSPS) is 12.4. The van der Waals surface area contributed by atoms with Crippen molar-refractivity contribution in [1.29, 1.82) is 0 Å². The van der Waals surface area contributed by atoms with Crippen LogP contribution < -0.4 is 5.73 Å². The smallest absolute Gasteiger partial charge is 0.123 e. The van der Waals surface area contributed by atoms with Crippen LogP contribution in [0.3, 0.4) is 0 Å². The average molecular weight is 298 g/mol.